The Bertz CT molecular complexity index is 418. The first kappa shape index (κ1) is 18.4. The maximum Gasteiger partial charge on any atom is 0.134 e. The molecule has 0 aliphatic rings. The Kier molecular flexibility index (Phi) is 9.44. The lowest BCUT2D eigenvalue weighted by Crippen LogP contribution is -2.20. The van der Waals surface area contributed by atoms with Gasteiger partial charge in [0.05, 0.1) is 0 Å². The van der Waals surface area contributed by atoms with Gasteiger partial charge in [-0.05, 0) is 44.9 Å². The Morgan fingerprint density at radius 3 is 2.05 bits per heavy atom. The monoisotopic (exact) mass is 275 g/mol. The van der Waals surface area contributed by atoms with Crippen molar-refractivity contribution in [1.29, 1.82) is 0 Å². The second-order valence-electron chi connectivity index (χ2n) is 4.54. The summed E-state index contributed by atoms with van der Waals surface area (Å²) in [6.45, 7) is 13.0. The van der Waals surface area contributed by atoms with E-state index < -0.39 is 0 Å². The summed E-state index contributed by atoms with van der Waals surface area (Å²) in [5.74, 6) is 0.206. The molecule has 0 aliphatic heterocycles. The van der Waals surface area contributed by atoms with Crippen LogP contribution in [0.5, 0.6) is 0 Å². The van der Waals surface area contributed by atoms with Gasteiger partial charge in [-0.3, -0.25) is 4.79 Å². The molecule has 0 spiro atoms. The lowest BCUT2D eigenvalue weighted by Gasteiger charge is -2.24. The van der Waals surface area contributed by atoms with Gasteiger partial charge in [-0.1, -0.05) is 39.0 Å². The van der Waals surface area contributed by atoms with E-state index in [0.717, 1.165) is 18.5 Å². The summed E-state index contributed by atoms with van der Waals surface area (Å²) in [5, 5.41) is 0. The van der Waals surface area contributed by atoms with Crippen LogP contribution in [0, 0.1) is 0 Å². The fourth-order valence-electron chi connectivity index (χ4n) is 2.12. The lowest BCUT2D eigenvalue weighted by molar-refractivity contribution is -0.116. The molecule has 20 heavy (non-hydrogen) atoms. The molecule has 0 aromatic heterocycles. The fraction of sp³-hybridized carbons (Fsp3) is 0.500. The highest BCUT2D eigenvalue weighted by atomic mass is 16.1. The fourth-order valence-corrected chi connectivity index (χ4v) is 2.12. The molecule has 0 radical (unpaired) electrons. The first-order valence-corrected chi connectivity index (χ1v) is 7.61. The molecule has 1 rings (SSSR count). The van der Waals surface area contributed by atoms with Crippen molar-refractivity contribution in [1.82, 2.24) is 0 Å². The van der Waals surface area contributed by atoms with Crippen LogP contribution in [0.1, 0.15) is 53.5 Å². The zero-order valence-corrected chi connectivity index (χ0v) is 13.9. The molecule has 0 saturated heterocycles. The van der Waals surface area contributed by atoms with Gasteiger partial charge in [0.2, 0.25) is 0 Å². The Hall–Kier alpha value is -1.57. The second-order valence-corrected chi connectivity index (χ2v) is 4.54. The molecule has 2 nitrogen and oxygen atoms in total. The summed E-state index contributed by atoms with van der Waals surface area (Å²) >= 11 is 0. The van der Waals surface area contributed by atoms with E-state index in [1.165, 1.54) is 11.4 Å². The molecule has 0 unspecified atom stereocenters. The summed E-state index contributed by atoms with van der Waals surface area (Å²) < 4.78 is 0. The summed E-state index contributed by atoms with van der Waals surface area (Å²) in [6, 6.07) is 8.26. The Labute approximate surface area is 124 Å². The summed E-state index contributed by atoms with van der Waals surface area (Å²) in [4.78, 5) is 13.3. The molecular weight excluding hydrogens is 246 g/mol. The predicted molar refractivity (Wildman–Crippen MR) is 89.2 cm³/mol. The van der Waals surface area contributed by atoms with Crippen molar-refractivity contribution < 1.29 is 4.79 Å². The first-order valence-electron chi connectivity index (χ1n) is 7.61. The quantitative estimate of drug-likeness (QED) is 0.729. The summed E-state index contributed by atoms with van der Waals surface area (Å²) in [6.07, 6.45) is 3.80. The average molecular weight is 275 g/mol. The molecule has 1 aromatic rings. The Morgan fingerprint density at radius 1 is 1.10 bits per heavy atom. The molecule has 0 aliphatic carbocycles. The molecule has 2 heteroatoms. The van der Waals surface area contributed by atoms with E-state index in [4.69, 9.17) is 0 Å². The zero-order chi connectivity index (χ0) is 15.5. The van der Waals surface area contributed by atoms with Gasteiger partial charge in [0, 0.05) is 24.4 Å². The van der Waals surface area contributed by atoms with Crippen molar-refractivity contribution >= 4 is 11.5 Å². The molecular formula is C18H29NO. The number of carbonyl (C=O) groups is 1. The maximum atomic E-state index is 11.1. The van der Waals surface area contributed by atoms with Gasteiger partial charge < -0.3 is 4.90 Å². The smallest absolute Gasteiger partial charge is 0.134 e. The van der Waals surface area contributed by atoms with Crippen molar-refractivity contribution in [3.05, 3.63) is 41.6 Å². The first-order chi connectivity index (χ1) is 9.58. The van der Waals surface area contributed by atoms with Crippen molar-refractivity contribution in [2.75, 3.05) is 11.4 Å². The van der Waals surface area contributed by atoms with E-state index in [0.29, 0.717) is 6.42 Å². The van der Waals surface area contributed by atoms with Crippen LogP contribution in [0.4, 0.5) is 5.69 Å². The number of anilines is 1. The molecule has 0 heterocycles. The largest absolute Gasteiger partial charge is 0.346 e. The SMILES string of the molecule is CC.CC/C=C(/C)N(CC)c1ccc(CC(C)=O)cc1. The number of hydrogen-bond acceptors (Lipinski definition) is 2. The van der Waals surface area contributed by atoms with Crippen LogP contribution in [-0.4, -0.2) is 12.3 Å². The van der Waals surface area contributed by atoms with Gasteiger partial charge in [0.25, 0.3) is 0 Å². The number of benzene rings is 1. The van der Waals surface area contributed by atoms with Crippen LogP contribution >= 0.6 is 0 Å². The Morgan fingerprint density at radius 2 is 1.65 bits per heavy atom. The average Bonchev–Trinajstić information content (AvgIpc) is 2.43. The van der Waals surface area contributed by atoms with E-state index >= 15 is 0 Å². The number of nitrogens with zero attached hydrogens (tertiary/aromatic N) is 1. The van der Waals surface area contributed by atoms with Crippen LogP contribution in [-0.2, 0) is 11.2 Å². The third-order valence-corrected chi connectivity index (χ3v) is 2.94. The number of Topliss-reactive ketones (excluding diaryl/α,β-unsaturated/α-hetero) is 1. The van der Waals surface area contributed by atoms with E-state index in [-0.39, 0.29) is 5.78 Å². The van der Waals surface area contributed by atoms with Crippen molar-refractivity contribution in [2.24, 2.45) is 0 Å². The van der Waals surface area contributed by atoms with Crippen molar-refractivity contribution in [3.8, 4) is 0 Å². The molecule has 1 aromatic carbocycles. The highest BCUT2D eigenvalue weighted by molar-refractivity contribution is 5.78. The van der Waals surface area contributed by atoms with Crippen LogP contribution < -0.4 is 4.90 Å². The van der Waals surface area contributed by atoms with Gasteiger partial charge in [-0.15, -0.1) is 0 Å². The van der Waals surface area contributed by atoms with Gasteiger partial charge >= 0.3 is 0 Å². The zero-order valence-electron chi connectivity index (χ0n) is 13.9. The number of allylic oxidation sites excluding steroid dienone is 2. The molecule has 0 N–H and O–H groups in total. The van der Waals surface area contributed by atoms with Gasteiger partial charge in [-0.2, -0.15) is 0 Å². The van der Waals surface area contributed by atoms with E-state index in [9.17, 15) is 4.79 Å². The second kappa shape index (κ2) is 10.2. The van der Waals surface area contributed by atoms with Crippen LogP contribution in [0.25, 0.3) is 0 Å². The van der Waals surface area contributed by atoms with Crippen LogP contribution in [0.3, 0.4) is 0 Å². The van der Waals surface area contributed by atoms with E-state index in [2.05, 4.69) is 43.9 Å². The number of ketones is 1. The van der Waals surface area contributed by atoms with Crippen LogP contribution in [0.2, 0.25) is 0 Å². The van der Waals surface area contributed by atoms with E-state index in [1.807, 2.05) is 26.0 Å². The van der Waals surface area contributed by atoms with Crippen LogP contribution in [0.15, 0.2) is 36.0 Å². The standard InChI is InChI=1S/C16H23NO.C2H6/c1-5-7-13(3)17(6-2)16-10-8-15(9-11-16)12-14(4)18;1-2/h7-11H,5-6,12H2,1-4H3;1-2H3/b13-7-;. The summed E-state index contributed by atoms with van der Waals surface area (Å²) in [5.41, 5.74) is 3.55. The number of hydrogen-bond donors (Lipinski definition) is 0. The van der Waals surface area contributed by atoms with E-state index in [1.54, 1.807) is 6.92 Å². The molecule has 0 bridgehead atoms. The third kappa shape index (κ3) is 6.05. The maximum absolute atomic E-state index is 11.1. The number of rotatable bonds is 6. The molecule has 0 fully saturated rings. The molecule has 0 saturated carbocycles. The highest BCUT2D eigenvalue weighted by Crippen LogP contribution is 2.20. The van der Waals surface area contributed by atoms with Crippen molar-refractivity contribution in [3.63, 3.8) is 0 Å². The minimum Gasteiger partial charge on any atom is -0.346 e. The summed E-state index contributed by atoms with van der Waals surface area (Å²) in [7, 11) is 0. The molecule has 112 valence electrons. The van der Waals surface area contributed by atoms with Gasteiger partial charge in [-0.25, -0.2) is 0 Å². The molecule has 0 atom stereocenters. The normalized spacial score (nSPS) is 10.6. The van der Waals surface area contributed by atoms with Crippen molar-refractivity contribution in [2.45, 2.75) is 54.4 Å². The third-order valence-electron chi connectivity index (χ3n) is 2.94. The van der Waals surface area contributed by atoms with Gasteiger partial charge in [0.1, 0.15) is 5.78 Å². The highest BCUT2D eigenvalue weighted by Gasteiger charge is 2.06. The topological polar surface area (TPSA) is 20.3 Å². The van der Waals surface area contributed by atoms with Gasteiger partial charge in [0.15, 0.2) is 0 Å². The minimum absolute atomic E-state index is 0.206. The predicted octanol–water partition coefficient (Wildman–Crippen LogP) is 4.98. The number of carbonyl (C=O) groups excluding carboxylic acids is 1. The Balaban J connectivity index is 0.00000172. The lowest BCUT2D eigenvalue weighted by atomic mass is 10.1. The molecule has 0 amide bonds. The minimum atomic E-state index is 0.206.